The summed E-state index contributed by atoms with van der Waals surface area (Å²) in [6, 6.07) is 4.24. The molecular formula is C19H22F3N3O4. The molecule has 0 radical (unpaired) electrons. The highest BCUT2D eigenvalue weighted by molar-refractivity contribution is 6.05. The quantitative estimate of drug-likeness (QED) is 0.753. The number of carbonyl (C=O) groups excluding carboxylic acids is 2. The van der Waals surface area contributed by atoms with Crippen molar-refractivity contribution in [2.75, 3.05) is 18.5 Å². The third-order valence-electron chi connectivity index (χ3n) is 3.55. The van der Waals surface area contributed by atoms with Crippen LogP contribution in [0, 0.1) is 0 Å². The van der Waals surface area contributed by atoms with Gasteiger partial charge in [-0.2, -0.15) is 13.2 Å². The Bertz CT molecular complexity index is 825. The maximum Gasteiger partial charge on any atom is 0.417 e. The first-order valence-corrected chi connectivity index (χ1v) is 8.79. The summed E-state index contributed by atoms with van der Waals surface area (Å²) in [6.45, 7) is 6.67. The molecule has 1 heterocycles. The van der Waals surface area contributed by atoms with Gasteiger partial charge in [-0.25, -0.2) is 19.5 Å². The van der Waals surface area contributed by atoms with Crippen molar-refractivity contribution in [3.8, 4) is 0 Å². The van der Waals surface area contributed by atoms with E-state index in [1.807, 2.05) is 0 Å². The molecule has 0 aliphatic carbocycles. The molecule has 1 aromatic rings. The van der Waals surface area contributed by atoms with E-state index in [0.29, 0.717) is 0 Å². The predicted molar refractivity (Wildman–Crippen MR) is 100 cm³/mol. The summed E-state index contributed by atoms with van der Waals surface area (Å²) in [5.41, 5.74) is -1.20. The van der Waals surface area contributed by atoms with Crippen molar-refractivity contribution in [2.45, 2.75) is 39.5 Å². The molecule has 0 aromatic heterocycles. The summed E-state index contributed by atoms with van der Waals surface area (Å²) >= 11 is 0. The van der Waals surface area contributed by atoms with Gasteiger partial charge in [0.15, 0.2) is 0 Å². The van der Waals surface area contributed by atoms with E-state index in [1.165, 1.54) is 18.3 Å². The summed E-state index contributed by atoms with van der Waals surface area (Å²) in [5.74, 6) is -0.620. The molecule has 0 fully saturated rings. The molecular weight excluding hydrogens is 391 g/mol. The molecule has 158 valence electrons. The molecule has 1 aliphatic rings. The van der Waals surface area contributed by atoms with E-state index in [-0.39, 0.29) is 30.4 Å². The van der Waals surface area contributed by atoms with Gasteiger partial charge in [0.2, 0.25) is 5.96 Å². The van der Waals surface area contributed by atoms with Crippen LogP contribution in [-0.4, -0.2) is 41.7 Å². The highest BCUT2D eigenvalue weighted by Gasteiger charge is 2.32. The predicted octanol–water partition coefficient (Wildman–Crippen LogP) is 4.17. The fraction of sp³-hybridized carbons (Fsp3) is 0.421. The number of alkyl halides is 3. The minimum atomic E-state index is -4.46. The Labute approximate surface area is 166 Å². The number of esters is 1. The zero-order valence-corrected chi connectivity index (χ0v) is 16.5. The number of benzene rings is 1. The number of hydrogen-bond acceptors (Lipinski definition) is 6. The molecule has 1 N–H and O–H groups in total. The number of nitrogens with zero attached hydrogens (tertiary/aromatic N) is 2. The van der Waals surface area contributed by atoms with Gasteiger partial charge >= 0.3 is 18.2 Å². The molecule has 10 heteroatoms. The zero-order valence-electron chi connectivity index (χ0n) is 16.5. The standard InChI is InChI=1S/C19H22F3N3O4/c1-5-28-15(26)12-10-23-16(25(11-12)17(27)29-18(2,3)4)24-14-8-6-13(7-9-14)19(20,21)22/h6-10H,5,11H2,1-4H3,(H,23,24). The molecule has 7 nitrogen and oxygen atoms in total. The lowest BCUT2D eigenvalue weighted by Gasteiger charge is -2.30. The number of guanidine groups is 1. The maximum absolute atomic E-state index is 12.7. The van der Waals surface area contributed by atoms with Crippen molar-refractivity contribution in [1.29, 1.82) is 0 Å². The first-order valence-electron chi connectivity index (χ1n) is 8.79. The van der Waals surface area contributed by atoms with Crippen molar-refractivity contribution < 1.29 is 32.2 Å². The Morgan fingerprint density at radius 2 is 1.79 bits per heavy atom. The van der Waals surface area contributed by atoms with E-state index >= 15 is 0 Å². The Morgan fingerprint density at radius 1 is 1.17 bits per heavy atom. The first kappa shape index (κ1) is 22.3. The maximum atomic E-state index is 12.7. The van der Waals surface area contributed by atoms with E-state index in [9.17, 15) is 22.8 Å². The molecule has 0 unspecified atom stereocenters. The van der Waals surface area contributed by atoms with Gasteiger partial charge in [0, 0.05) is 11.9 Å². The van der Waals surface area contributed by atoms with Gasteiger partial charge in [-0.05, 0) is 52.0 Å². The number of nitrogens with one attached hydrogen (secondary N) is 1. The van der Waals surface area contributed by atoms with E-state index in [2.05, 4.69) is 10.3 Å². The number of hydrogen-bond donors (Lipinski definition) is 1. The lowest BCUT2D eigenvalue weighted by molar-refractivity contribution is -0.139. The van der Waals surface area contributed by atoms with Crippen LogP contribution in [0.4, 0.5) is 23.7 Å². The SMILES string of the molecule is CCOC(=O)C1=CN=C(Nc2ccc(C(F)(F)F)cc2)N(C(=O)OC(C)(C)C)C1. The molecule has 0 saturated carbocycles. The van der Waals surface area contributed by atoms with E-state index < -0.39 is 29.4 Å². The number of carbonyl (C=O) groups is 2. The van der Waals surface area contributed by atoms with Crippen LogP contribution in [0.25, 0.3) is 0 Å². The van der Waals surface area contributed by atoms with Crippen LogP contribution in [0.5, 0.6) is 0 Å². The molecule has 1 aromatic carbocycles. The van der Waals surface area contributed by atoms with Gasteiger partial charge in [-0.15, -0.1) is 0 Å². The topological polar surface area (TPSA) is 80.2 Å². The molecule has 0 bridgehead atoms. The van der Waals surface area contributed by atoms with Gasteiger partial charge < -0.3 is 14.8 Å². The second-order valence-corrected chi connectivity index (χ2v) is 7.09. The molecule has 2 rings (SSSR count). The molecule has 0 saturated heterocycles. The highest BCUT2D eigenvalue weighted by atomic mass is 19.4. The second-order valence-electron chi connectivity index (χ2n) is 7.09. The number of aliphatic imine (C=N–C) groups is 1. The molecule has 0 atom stereocenters. The summed E-state index contributed by atoms with van der Waals surface area (Å²) in [6.07, 6.45) is -3.99. The van der Waals surface area contributed by atoms with Crippen molar-refractivity contribution in [2.24, 2.45) is 4.99 Å². The van der Waals surface area contributed by atoms with Gasteiger partial charge in [-0.3, -0.25) is 0 Å². The van der Waals surface area contributed by atoms with E-state index in [1.54, 1.807) is 27.7 Å². The number of anilines is 1. The van der Waals surface area contributed by atoms with Crippen LogP contribution in [0.15, 0.2) is 41.0 Å². The molecule has 0 spiro atoms. The van der Waals surface area contributed by atoms with Gasteiger partial charge in [-0.1, -0.05) is 0 Å². The largest absolute Gasteiger partial charge is 0.463 e. The molecule has 1 amide bonds. The number of ether oxygens (including phenoxy) is 2. The third kappa shape index (κ3) is 6.23. The summed E-state index contributed by atoms with van der Waals surface area (Å²) in [7, 11) is 0. The normalized spacial score (nSPS) is 14.7. The minimum Gasteiger partial charge on any atom is -0.463 e. The highest BCUT2D eigenvalue weighted by Crippen LogP contribution is 2.30. The summed E-state index contributed by atoms with van der Waals surface area (Å²) in [5, 5.41) is 2.78. The Hall–Kier alpha value is -3.04. The lowest BCUT2D eigenvalue weighted by atomic mass is 10.2. The second kappa shape index (κ2) is 8.54. The smallest absolute Gasteiger partial charge is 0.417 e. The number of rotatable bonds is 3. The third-order valence-corrected chi connectivity index (χ3v) is 3.55. The average molecular weight is 413 g/mol. The van der Waals surface area contributed by atoms with E-state index in [0.717, 1.165) is 17.0 Å². The van der Waals surface area contributed by atoms with Gasteiger partial charge in [0.05, 0.1) is 24.3 Å². The first-order chi connectivity index (χ1) is 13.4. The van der Waals surface area contributed by atoms with Crippen LogP contribution in [0.1, 0.15) is 33.3 Å². The van der Waals surface area contributed by atoms with Gasteiger partial charge in [0.1, 0.15) is 5.60 Å². The van der Waals surface area contributed by atoms with Crippen molar-refractivity contribution >= 4 is 23.7 Å². The number of amides is 1. The average Bonchev–Trinajstić information content (AvgIpc) is 2.60. The van der Waals surface area contributed by atoms with Crippen molar-refractivity contribution in [3.05, 3.63) is 41.6 Å². The van der Waals surface area contributed by atoms with Crippen LogP contribution in [0.2, 0.25) is 0 Å². The molecule has 1 aliphatic heterocycles. The fourth-order valence-electron chi connectivity index (χ4n) is 2.28. The van der Waals surface area contributed by atoms with Crippen LogP contribution in [-0.2, 0) is 20.4 Å². The summed E-state index contributed by atoms with van der Waals surface area (Å²) < 4.78 is 48.4. The van der Waals surface area contributed by atoms with Gasteiger partial charge in [0.25, 0.3) is 0 Å². The van der Waals surface area contributed by atoms with E-state index in [4.69, 9.17) is 9.47 Å². The summed E-state index contributed by atoms with van der Waals surface area (Å²) in [4.78, 5) is 29.7. The van der Waals surface area contributed by atoms with Crippen LogP contribution >= 0.6 is 0 Å². The molecule has 29 heavy (non-hydrogen) atoms. The fourth-order valence-corrected chi connectivity index (χ4v) is 2.28. The zero-order chi connectivity index (χ0) is 21.8. The Morgan fingerprint density at radius 3 is 2.31 bits per heavy atom. The van der Waals surface area contributed by atoms with Crippen LogP contribution in [0.3, 0.4) is 0 Å². The Balaban J connectivity index is 2.28. The van der Waals surface area contributed by atoms with Crippen LogP contribution < -0.4 is 5.32 Å². The van der Waals surface area contributed by atoms with Crippen molar-refractivity contribution in [1.82, 2.24) is 4.90 Å². The minimum absolute atomic E-state index is 0.00653. The van der Waals surface area contributed by atoms with Crippen molar-refractivity contribution in [3.63, 3.8) is 0 Å². The lowest BCUT2D eigenvalue weighted by Crippen LogP contribution is -2.47. The number of halogens is 3. The Kier molecular flexibility index (Phi) is 6.55. The monoisotopic (exact) mass is 413 g/mol.